The summed E-state index contributed by atoms with van der Waals surface area (Å²) in [5, 5.41) is 0. The van der Waals surface area contributed by atoms with Gasteiger partial charge in [-0.15, -0.1) is 0 Å². The van der Waals surface area contributed by atoms with Gasteiger partial charge in [-0.1, -0.05) is 13.2 Å². The Morgan fingerprint density at radius 3 is 2.00 bits per heavy atom. The molecule has 4 atom stereocenters. The van der Waals surface area contributed by atoms with E-state index in [4.69, 9.17) is 0 Å². The Bertz CT molecular complexity index is 739. The lowest BCUT2D eigenvalue weighted by molar-refractivity contribution is -0.139. The summed E-state index contributed by atoms with van der Waals surface area (Å²) < 4.78 is 13.7. The number of carbonyl (C=O) groups is 2. The van der Waals surface area contributed by atoms with Gasteiger partial charge in [0.15, 0.2) is 5.83 Å². The van der Waals surface area contributed by atoms with Crippen LogP contribution in [0, 0.1) is 0 Å². The van der Waals surface area contributed by atoms with Crippen molar-refractivity contribution in [1.29, 1.82) is 0 Å². The molecule has 2 saturated heterocycles. The number of nitrogens with zero attached hydrogens (tertiary/aromatic N) is 4. The van der Waals surface area contributed by atoms with Gasteiger partial charge in [0, 0.05) is 61.4 Å². The largest absolute Gasteiger partial charge is 0.334 e. The van der Waals surface area contributed by atoms with Crippen molar-refractivity contribution >= 4 is 11.8 Å². The Morgan fingerprint density at radius 1 is 0.938 bits per heavy atom. The first kappa shape index (κ1) is 26.5. The van der Waals surface area contributed by atoms with Gasteiger partial charge >= 0.3 is 0 Å². The number of amides is 2. The van der Waals surface area contributed by atoms with Crippen molar-refractivity contribution in [2.45, 2.75) is 97.1 Å². The van der Waals surface area contributed by atoms with Gasteiger partial charge in [-0.3, -0.25) is 19.4 Å². The predicted octanol–water partition coefficient (Wildman–Crippen LogP) is 3.45. The Hall–Kier alpha value is -1.73. The second-order valence-corrected chi connectivity index (χ2v) is 11.5. The van der Waals surface area contributed by atoms with Gasteiger partial charge in [0.1, 0.15) is 0 Å². The molecule has 0 aromatic rings. The molecule has 0 radical (unpaired) electrons. The zero-order chi connectivity index (χ0) is 24.6. The first-order valence-electron chi connectivity index (χ1n) is 11.7. The average molecular weight is 451 g/mol. The molecule has 0 aromatic carbocycles. The molecule has 0 N–H and O–H groups in total. The van der Waals surface area contributed by atoms with E-state index < -0.39 is 11.7 Å². The Balaban J connectivity index is 2.39. The van der Waals surface area contributed by atoms with Crippen LogP contribution in [0.5, 0.6) is 0 Å². The molecule has 6 nitrogen and oxygen atoms in total. The lowest BCUT2D eigenvalue weighted by atomic mass is 9.89. The minimum atomic E-state index is -0.911. The van der Waals surface area contributed by atoms with Crippen LogP contribution in [0.1, 0.15) is 61.8 Å². The second kappa shape index (κ2) is 9.64. The van der Waals surface area contributed by atoms with Crippen LogP contribution < -0.4 is 0 Å². The van der Waals surface area contributed by atoms with E-state index in [9.17, 15) is 14.0 Å². The third kappa shape index (κ3) is 5.79. The van der Waals surface area contributed by atoms with Crippen molar-refractivity contribution in [1.82, 2.24) is 19.6 Å². The van der Waals surface area contributed by atoms with Crippen LogP contribution in [0.4, 0.5) is 4.39 Å². The molecule has 2 aliphatic rings. The van der Waals surface area contributed by atoms with E-state index in [1.807, 2.05) is 4.90 Å². The van der Waals surface area contributed by atoms with Gasteiger partial charge in [-0.05, 0) is 67.9 Å². The van der Waals surface area contributed by atoms with Gasteiger partial charge in [-0.25, -0.2) is 4.39 Å². The molecular weight excluding hydrogens is 407 g/mol. The maximum Gasteiger partial charge on any atom is 0.282 e. The summed E-state index contributed by atoms with van der Waals surface area (Å²) in [6, 6.07) is 0.313. The molecule has 0 aromatic heterocycles. The molecule has 2 rings (SSSR count). The van der Waals surface area contributed by atoms with Gasteiger partial charge in [-0.2, -0.15) is 0 Å². The van der Waals surface area contributed by atoms with Crippen molar-refractivity contribution in [2.24, 2.45) is 0 Å². The summed E-state index contributed by atoms with van der Waals surface area (Å²) in [5.74, 6) is -1.58. The summed E-state index contributed by atoms with van der Waals surface area (Å²) in [6.45, 7) is 26.5. The highest BCUT2D eigenvalue weighted by molar-refractivity contribution is 5.90. The first-order chi connectivity index (χ1) is 14.6. The minimum Gasteiger partial charge on any atom is -0.334 e. The molecule has 2 heterocycles. The summed E-state index contributed by atoms with van der Waals surface area (Å²) in [4.78, 5) is 33.4. The van der Waals surface area contributed by atoms with Crippen molar-refractivity contribution in [3.05, 3.63) is 25.1 Å². The Kier molecular flexibility index (Phi) is 7.99. The second-order valence-electron chi connectivity index (χ2n) is 11.5. The van der Waals surface area contributed by atoms with Gasteiger partial charge < -0.3 is 9.80 Å². The fraction of sp³-hybridized carbons (Fsp3) is 0.760. The van der Waals surface area contributed by atoms with Gasteiger partial charge in [0.2, 0.25) is 5.91 Å². The van der Waals surface area contributed by atoms with Crippen LogP contribution in [-0.4, -0.2) is 92.8 Å². The predicted molar refractivity (Wildman–Crippen MR) is 128 cm³/mol. The number of hydrogen-bond donors (Lipinski definition) is 0. The van der Waals surface area contributed by atoms with E-state index in [1.54, 1.807) is 4.90 Å². The van der Waals surface area contributed by atoms with Crippen LogP contribution in [0.25, 0.3) is 0 Å². The molecule has 7 heteroatoms. The van der Waals surface area contributed by atoms with Crippen LogP contribution >= 0.6 is 0 Å². The van der Waals surface area contributed by atoms with Crippen LogP contribution in [0.15, 0.2) is 25.1 Å². The molecule has 2 fully saturated rings. The Morgan fingerprint density at radius 2 is 1.53 bits per heavy atom. The minimum absolute atomic E-state index is 0.0333. The van der Waals surface area contributed by atoms with Crippen molar-refractivity contribution < 1.29 is 14.0 Å². The third-order valence-electron chi connectivity index (χ3n) is 6.78. The fourth-order valence-electron chi connectivity index (χ4n) is 5.72. The number of carbonyl (C=O) groups excluding carboxylic acids is 2. The van der Waals surface area contributed by atoms with E-state index in [1.165, 1.54) is 6.08 Å². The molecule has 2 aliphatic heterocycles. The average Bonchev–Trinajstić information content (AvgIpc) is 2.65. The van der Waals surface area contributed by atoms with Gasteiger partial charge in [0.05, 0.1) is 0 Å². The molecule has 182 valence electrons. The van der Waals surface area contributed by atoms with Crippen molar-refractivity contribution in [3.63, 3.8) is 0 Å². The number of hydrogen-bond acceptors (Lipinski definition) is 4. The number of piperazine rings is 2. The molecule has 0 bridgehead atoms. The topological polar surface area (TPSA) is 47.1 Å². The molecular formula is C25H43FN4O2. The highest BCUT2D eigenvalue weighted by atomic mass is 19.1. The molecule has 32 heavy (non-hydrogen) atoms. The third-order valence-corrected chi connectivity index (χ3v) is 6.78. The standard InChI is InChI=1S/C25H43FN4O2/c1-11-22(31)28-16-20(29(14-17(28)2)24(5,6)7)12-21-15-27(23(32)19(4)26)13-18(3)30(21)25(8,9)10/h11,17-18,20-21H,1,4,12-16H2,2-3,5-10H3/t17-,18+,20+,21?/m1/s1. The molecule has 0 aliphatic carbocycles. The zero-order valence-electron chi connectivity index (χ0n) is 21.3. The van der Waals surface area contributed by atoms with E-state index in [2.05, 4.69) is 78.3 Å². The summed E-state index contributed by atoms with van der Waals surface area (Å²) >= 11 is 0. The maximum absolute atomic E-state index is 13.7. The molecule has 1 unspecified atom stereocenters. The first-order valence-corrected chi connectivity index (χ1v) is 11.7. The van der Waals surface area contributed by atoms with E-state index >= 15 is 0 Å². The quantitative estimate of drug-likeness (QED) is 0.616. The molecule has 2 amide bonds. The zero-order valence-corrected chi connectivity index (χ0v) is 21.3. The van der Waals surface area contributed by atoms with E-state index in [0.717, 1.165) is 13.0 Å². The van der Waals surface area contributed by atoms with Crippen LogP contribution in [0.3, 0.4) is 0 Å². The number of halogens is 1. The summed E-state index contributed by atoms with van der Waals surface area (Å²) in [5.41, 5.74) is -0.186. The van der Waals surface area contributed by atoms with Crippen LogP contribution in [0.2, 0.25) is 0 Å². The van der Waals surface area contributed by atoms with E-state index in [-0.39, 0.29) is 41.2 Å². The monoisotopic (exact) mass is 450 g/mol. The normalized spacial score (nSPS) is 28.5. The van der Waals surface area contributed by atoms with Crippen LogP contribution in [-0.2, 0) is 9.59 Å². The van der Waals surface area contributed by atoms with E-state index in [0.29, 0.717) is 19.6 Å². The number of rotatable bonds is 4. The fourth-order valence-corrected chi connectivity index (χ4v) is 5.72. The molecule has 0 saturated carbocycles. The van der Waals surface area contributed by atoms with Crippen molar-refractivity contribution in [2.75, 3.05) is 26.2 Å². The Labute approximate surface area is 194 Å². The lowest BCUT2D eigenvalue weighted by Gasteiger charge is -2.55. The highest BCUT2D eigenvalue weighted by Gasteiger charge is 2.45. The highest BCUT2D eigenvalue weighted by Crippen LogP contribution is 2.33. The summed E-state index contributed by atoms with van der Waals surface area (Å²) in [7, 11) is 0. The smallest absolute Gasteiger partial charge is 0.282 e. The summed E-state index contributed by atoms with van der Waals surface area (Å²) in [6.07, 6.45) is 2.16. The maximum atomic E-state index is 13.7. The lowest BCUT2D eigenvalue weighted by Crippen LogP contribution is -2.68. The van der Waals surface area contributed by atoms with Gasteiger partial charge in [0.25, 0.3) is 5.91 Å². The molecule has 0 spiro atoms. The SMILES string of the molecule is C=CC(=O)N1C[C@H](CC2CN(C(=O)C(=C)F)C[C@H](C)N2C(C)(C)C)N(C(C)(C)C)C[C@H]1C. The van der Waals surface area contributed by atoms with Crippen molar-refractivity contribution in [3.8, 4) is 0 Å².